The Kier molecular flexibility index (Phi) is 6.01. The van der Waals surface area contributed by atoms with E-state index in [1.165, 1.54) is 17.0 Å². The molecule has 0 bridgehead atoms. The Balaban J connectivity index is 1.35. The minimum Gasteiger partial charge on any atom is -0.343 e. The highest BCUT2D eigenvalue weighted by Crippen LogP contribution is 2.29. The molecule has 3 amide bonds. The van der Waals surface area contributed by atoms with Crippen molar-refractivity contribution in [3.63, 3.8) is 0 Å². The SMILES string of the molecule is O=C(NCC(F)(F)F)c1ccc(CN(CCN2C(=O)c3ccccc3C2=O)C2CC2)cc1. The van der Waals surface area contributed by atoms with Crippen molar-refractivity contribution in [2.75, 3.05) is 19.6 Å². The molecule has 0 radical (unpaired) electrons. The molecule has 6 nitrogen and oxygen atoms in total. The van der Waals surface area contributed by atoms with Gasteiger partial charge in [-0.2, -0.15) is 13.2 Å². The maximum Gasteiger partial charge on any atom is 0.405 e. The molecule has 2 aromatic rings. The average molecular weight is 445 g/mol. The van der Waals surface area contributed by atoms with E-state index >= 15 is 0 Å². The van der Waals surface area contributed by atoms with Crippen molar-refractivity contribution in [1.82, 2.24) is 15.1 Å². The highest BCUT2D eigenvalue weighted by atomic mass is 19.4. The summed E-state index contributed by atoms with van der Waals surface area (Å²) in [5.41, 5.74) is 1.90. The number of fused-ring (bicyclic) bond motifs is 1. The standard InChI is InChI=1S/C23H22F3N3O3/c24-23(25,26)14-27-20(30)16-7-5-15(6-8-16)13-28(17-9-10-17)11-12-29-21(31)18-3-1-2-4-19(18)22(29)32/h1-8,17H,9-14H2,(H,27,30). The van der Waals surface area contributed by atoms with Crippen LogP contribution in [0.3, 0.4) is 0 Å². The van der Waals surface area contributed by atoms with E-state index in [0.717, 1.165) is 18.4 Å². The molecule has 1 fully saturated rings. The molecule has 32 heavy (non-hydrogen) atoms. The summed E-state index contributed by atoms with van der Waals surface area (Å²) in [5, 5.41) is 1.85. The van der Waals surface area contributed by atoms with Crippen molar-refractivity contribution in [1.29, 1.82) is 0 Å². The second-order valence-electron chi connectivity index (χ2n) is 8.00. The van der Waals surface area contributed by atoms with Crippen LogP contribution in [-0.2, 0) is 6.54 Å². The Morgan fingerprint density at radius 2 is 1.59 bits per heavy atom. The van der Waals surface area contributed by atoms with Crippen LogP contribution in [0, 0.1) is 0 Å². The number of hydrogen-bond donors (Lipinski definition) is 1. The summed E-state index contributed by atoms with van der Waals surface area (Å²) in [5.74, 6) is -1.34. The number of carbonyl (C=O) groups excluding carboxylic acids is 3. The molecule has 168 valence electrons. The van der Waals surface area contributed by atoms with Crippen LogP contribution in [-0.4, -0.2) is 59.4 Å². The fraction of sp³-hybridized carbons (Fsp3) is 0.348. The van der Waals surface area contributed by atoms with E-state index in [9.17, 15) is 27.6 Å². The van der Waals surface area contributed by atoms with E-state index in [1.54, 1.807) is 36.4 Å². The summed E-state index contributed by atoms with van der Waals surface area (Å²) in [6, 6.07) is 13.5. The van der Waals surface area contributed by atoms with Crippen LogP contribution in [0.5, 0.6) is 0 Å². The number of benzene rings is 2. The van der Waals surface area contributed by atoms with Crippen molar-refractivity contribution in [3.8, 4) is 0 Å². The Labute approximate surface area is 183 Å². The zero-order valence-electron chi connectivity index (χ0n) is 17.2. The van der Waals surface area contributed by atoms with Crippen molar-refractivity contribution in [2.24, 2.45) is 0 Å². The van der Waals surface area contributed by atoms with Crippen LogP contribution < -0.4 is 5.32 Å². The fourth-order valence-corrected chi connectivity index (χ4v) is 3.78. The lowest BCUT2D eigenvalue weighted by atomic mass is 10.1. The molecule has 1 aliphatic carbocycles. The Morgan fingerprint density at radius 1 is 1.00 bits per heavy atom. The molecular formula is C23H22F3N3O3. The normalized spacial score (nSPS) is 15.9. The highest BCUT2D eigenvalue weighted by Gasteiger charge is 2.36. The van der Waals surface area contributed by atoms with Gasteiger partial charge in [0.15, 0.2) is 0 Å². The lowest BCUT2D eigenvalue weighted by Crippen LogP contribution is -2.39. The lowest BCUT2D eigenvalue weighted by Gasteiger charge is -2.24. The molecule has 2 aliphatic rings. The summed E-state index contributed by atoms with van der Waals surface area (Å²) >= 11 is 0. The smallest absolute Gasteiger partial charge is 0.343 e. The molecule has 0 saturated heterocycles. The molecule has 1 heterocycles. The summed E-state index contributed by atoms with van der Waals surface area (Å²) in [7, 11) is 0. The Bertz CT molecular complexity index is 998. The largest absolute Gasteiger partial charge is 0.405 e. The molecule has 2 aromatic carbocycles. The van der Waals surface area contributed by atoms with Gasteiger partial charge in [0.25, 0.3) is 17.7 Å². The summed E-state index contributed by atoms with van der Waals surface area (Å²) in [6.07, 6.45) is -2.40. The Hall–Kier alpha value is -3.20. The molecule has 1 aliphatic heterocycles. The molecule has 0 aromatic heterocycles. The minimum absolute atomic E-state index is 0.155. The summed E-state index contributed by atoms with van der Waals surface area (Å²) in [4.78, 5) is 40.4. The number of halogens is 3. The number of nitrogens with zero attached hydrogens (tertiary/aromatic N) is 2. The minimum atomic E-state index is -4.46. The second-order valence-corrected chi connectivity index (χ2v) is 8.00. The third kappa shape index (κ3) is 4.99. The van der Waals surface area contributed by atoms with Crippen LogP contribution in [0.25, 0.3) is 0 Å². The van der Waals surface area contributed by atoms with Gasteiger partial charge in [0.1, 0.15) is 6.54 Å². The van der Waals surface area contributed by atoms with E-state index in [4.69, 9.17) is 0 Å². The van der Waals surface area contributed by atoms with E-state index in [2.05, 4.69) is 4.90 Å². The Morgan fingerprint density at radius 3 is 2.12 bits per heavy atom. The van der Waals surface area contributed by atoms with Crippen molar-refractivity contribution < 1.29 is 27.6 Å². The van der Waals surface area contributed by atoms with E-state index in [-0.39, 0.29) is 23.9 Å². The van der Waals surface area contributed by atoms with Crippen molar-refractivity contribution in [3.05, 3.63) is 70.8 Å². The first-order valence-electron chi connectivity index (χ1n) is 10.4. The first-order chi connectivity index (χ1) is 15.2. The van der Waals surface area contributed by atoms with Gasteiger partial charge in [-0.15, -0.1) is 0 Å². The predicted octanol–water partition coefficient (Wildman–Crippen LogP) is 3.24. The zero-order chi connectivity index (χ0) is 22.9. The van der Waals surface area contributed by atoms with Crippen molar-refractivity contribution >= 4 is 17.7 Å². The van der Waals surface area contributed by atoms with E-state index < -0.39 is 18.6 Å². The number of alkyl halides is 3. The maximum atomic E-state index is 12.6. The maximum absolute atomic E-state index is 12.6. The molecule has 4 rings (SSSR count). The second kappa shape index (κ2) is 8.74. The van der Waals surface area contributed by atoms with Gasteiger partial charge >= 0.3 is 6.18 Å². The quantitative estimate of drug-likeness (QED) is 0.634. The van der Waals surface area contributed by atoms with Gasteiger partial charge in [0.05, 0.1) is 11.1 Å². The molecule has 0 spiro atoms. The van der Waals surface area contributed by atoms with E-state index in [0.29, 0.717) is 30.3 Å². The molecule has 1 N–H and O–H groups in total. The number of nitrogens with one attached hydrogen (secondary N) is 1. The predicted molar refractivity (Wildman–Crippen MR) is 110 cm³/mol. The van der Waals surface area contributed by atoms with Gasteiger partial charge in [-0.3, -0.25) is 24.2 Å². The monoisotopic (exact) mass is 445 g/mol. The number of rotatable bonds is 8. The van der Waals surface area contributed by atoms with Crippen LogP contribution in [0.1, 0.15) is 49.5 Å². The van der Waals surface area contributed by atoms with Crippen LogP contribution in [0.4, 0.5) is 13.2 Å². The first kappa shape index (κ1) is 22.0. The third-order valence-electron chi connectivity index (χ3n) is 5.60. The molecule has 9 heteroatoms. The van der Waals surface area contributed by atoms with Crippen LogP contribution in [0.15, 0.2) is 48.5 Å². The van der Waals surface area contributed by atoms with Gasteiger partial charge in [0, 0.05) is 31.2 Å². The number of amides is 3. The third-order valence-corrected chi connectivity index (χ3v) is 5.60. The summed E-state index contributed by atoms with van der Waals surface area (Å²) < 4.78 is 36.8. The topological polar surface area (TPSA) is 69.7 Å². The number of imide groups is 1. The van der Waals surface area contributed by atoms with Gasteiger partial charge in [-0.25, -0.2) is 0 Å². The highest BCUT2D eigenvalue weighted by molar-refractivity contribution is 6.21. The van der Waals surface area contributed by atoms with Crippen LogP contribution in [0.2, 0.25) is 0 Å². The molecule has 0 unspecified atom stereocenters. The zero-order valence-corrected chi connectivity index (χ0v) is 17.2. The van der Waals surface area contributed by atoms with Gasteiger partial charge in [-0.1, -0.05) is 24.3 Å². The van der Waals surface area contributed by atoms with Gasteiger partial charge in [-0.05, 0) is 42.7 Å². The summed E-state index contributed by atoms with van der Waals surface area (Å²) in [6.45, 7) is -0.0239. The van der Waals surface area contributed by atoms with Gasteiger partial charge < -0.3 is 5.32 Å². The van der Waals surface area contributed by atoms with Gasteiger partial charge in [0.2, 0.25) is 0 Å². The first-order valence-corrected chi connectivity index (χ1v) is 10.4. The molecular weight excluding hydrogens is 423 g/mol. The fourth-order valence-electron chi connectivity index (χ4n) is 3.78. The number of carbonyl (C=O) groups is 3. The molecule has 0 atom stereocenters. The average Bonchev–Trinajstić information content (AvgIpc) is 3.58. The van der Waals surface area contributed by atoms with E-state index in [1.807, 2.05) is 5.32 Å². The molecule has 1 saturated carbocycles. The van der Waals surface area contributed by atoms with Crippen molar-refractivity contribution in [2.45, 2.75) is 31.6 Å². The lowest BCUT2D eigenvalue weighted by molar-refractivity contribution is -0.123. The van der Waals surface area contributed by atoms with Crippen LogP contribution >= 0.6 is 0 Å². The number of hydrogen-bond acceptors (Lipinski definition) is 4.